The summed E-state index contributed by atoms with van der Waals surface area (Å²) in [4.78, 5) is 22.6. The highest BCUT2D eigenvalue weighted by Gasteiger charge is 2.19. The molecule has 1 atom stereocenters. The first-order valence-corrected chi connectivity index (χ1v) is 5.54. The van der Waals surface area contributed by atoms with E-state index in [1.807, 2.05) is 0 Å². The van der Waals surface area contributed by atoms with Crippen molar-refractivity contribution in [1.29, 1.82) is 0 Å². The molecule has 0 fully saturated rings. The highest BCUT2D eigenvalue weighted by atomic mass is 16.5. The van der Waals surface area contributed by atoms with Gasteiger partial charge < -0.3 is 14.8 Å². The third-order valence-corrected chi connectivity index (χ3v) is 1.92. The van der Waals surface area contributed by atoms with E-state index in [0.29, 0.717) is 13.0 Å². The number of hydrogen-bond donors (Lipinski definition) is 1. The van der Waals surface area contributed by atoms with Gasteiger partial charge in [0.15, 0.2) is 0 Å². The van der Waals surface area contributed by atoms with Crippen LogP contribution in [0.2, 0.25) is 0 Å². The van der Waals surface area contributed by atoms with Gasteiger partial charge in [-0.2, -0.15) is 0 Å². The Hall–Kier alpha value is -1.10. The molecule has 5 heteroatoms. The summed E-state index contributed by atoms with van der Waals surface area (Å²) < 4.78 is 9.82. The second-order valence-electron chi connectivity index (χ2n) is 3.67. The molecule has 0 saturated heterocycles. The average molecular weight is 231 g/mol. The highest BCUT2D eigenvalue weighted by molar-refractivity contribution is 5.77. The fraction of sp³-hybridized carbons (Fsp3) is 0.818. The molecule has 1 N–H and O–H groups in total. The van der Waals surface area contributed by atoms with E-state index in [-0.39, 0.29) is 24.5 Å². The predicted molar refractivity (Wildman–Crippen MR) is 59.9 cm³/mol. The van der Waals surface area contributed by atoms with Gasteiger partial charge in [0.1, 0.15) is 6.04 Å². The fourth-order valence-electron chi connectivity index (χ4n) is 1.21. The number of rotatable bonds is 7. The normalized spacial score (nSPS) is 12.3. The number of hydrogen-bond acceptors (Lipinski definition) is 5. The summed E-state index contributed by atoms with van der Waals surface area (Å²) in [7, 11) is 1.66. The molecule has 0 bridgehead atoms. The van der Waals surface area contributed by atoms with Gasteiger partial charge in [0.25, 0.3) is 0 Å². The quantitative estimate of drug-likeness (QED) is 0.659. The van der Waals surface area contributed by atoms with Crippen LogP contribution >= 0.6 is 0 Å². The van der Waals surface area contributed by atoms with Gasteiger partial charge in [-0.1, -0.05) is 0 Å². The molecule has 0 spiro atoms. The second kappa shape index (κ2) is 8.10. The monoisotopic (exact) mass is 231 g/mol. The van der Waals surface area contributed by atoms with Crippen molar-refractivity contribution in [2.45, 2.75) is 45.8 Å². The maximum Gasteiger partial charge on any atom is 0.323 e. The Labute approximate surface area is 96.5 Å². The molecule has 0 aromatic rings. The maximum absolute atomic E-state index is 11.4. The first-order chi connectivity index (χ1) is 7.51. The number of ether oxygens (including phenoxy) is 2. The van der Waals surface area contributed by atoms with E-state index in [0.717, 1.165) is 0 Å². The van der Waals surface area contributed by atoms with Gasteiger partial charge >= 0.3 is 11.9 Å². The van der Waals surface area contributed by atoms with Gasteiger partial charge in [-0.25, -0.2) is 0 Å². The number of carbonyl (C=O) groups is 2. The van der Waals surface area contributed by atoms with Gasteiger partial charge in [0, 0.05) is 6.42 Å². The van der Waals surface area contributed by atoms with Gasteiger partial charge in [-0.3, -0.25) is 9.59 Å². The Balaban J connectivity index is 3.95. The Morgan fingerprint density at radius 3 is 2.38 bits per heavy atom. The lowest BCUT2D eigenvalue weighted by atomic mass is 10.1. The van der Waals surface area contributed by atoms with Crippen LogP contribution in [0.15, 0.2) is 0 Å². The topological polar surface area (TPSA) is 64.6 Å². The second-order valence-corrected chi connectivity index (χ2v) is 3.67. The first kappa shape index (κ1) is 14.9. The zero-order valence-electron chi connectivity index (χ0n) is 10.4. The largest absolute Gasteiger partial charge is 0.465 e. The lowest BCUT2D eigenvalue weighted by Crippen LogP contribution is -2.36. The van der Waals surface area contributed by atoms with E-state index >= 15 is 0 Å². The van der Waals surface area contributed by atoms with Crippen molar-refractivity contribution in [3.8, 4) is 0 Å². The molecule has 94 valence electrons. The van der Waals surface area contributed by atoms with Gasteiger partial charge in [-0.15, -0.1) is 0 Å². The summed E-state index contributed by atoms with van der Waals surface area (Å²) in [5.74, 6) is -0.623. The molecule has 1 unspecified atom stereocenters. The molecule has 0 aliphatic heterocycles. The number of likely N-dealkylation sites (N-methyl/N-ethyl adjacent to an activating group) is 1. The number of nitrogens with one attached hydrogen (secondary N) is 1. The summed E-state index contributed by atoms with van der Waals surface area (Å²) in [6, 6.07) is -0.445. The fourth-order valence-corrected chi connectivity index (χ4v) is 1.21. The third-order valence-electron chi connectivity index (χ3n) is 1.92. The molecular weight excluding hydrogens is 210 g/mol. The van der Waals surface area contributed by atoms with Crippen molar-refractivity contribution in [3.05, 3.63) is 0 Å². The molecule has 0 saturated carbocycles. The minimum absolute atomic E-state index is 0.122. The summed E-state index contributed by atoms with van der Waals surface area (Å²) in [5.41, 5.74) is 0. The maximum atomic E-state index is 11.4. The van der Waals surface area contributed by atoms with E-state index < -0.39 is 6.04 Å². The van der Waals surface area contributed by atoms with Crippen molar-refractivity contribution >= 4 is 11.9 Å². The van der Waals surface area contributed by atoms with Gasteiger partial charge in [0.2, 0.25) is 0 Å². The number of carbonyl (C=O) groups excluding carboxylic acids is 2. The lowest BCUT2D eigenvalue weighted by molar-refractivity contribution is -0.149. The van der Waals surface area contributed by atoms with Crippen LogP contribution < -0.4 is 5.32 Å². The van der Waals surface area contributed by atoms with E-state index in [2.05, 4.69) is 5.32 Å². The predicted octanol–water partition coefficient (Wildman–Crippen LogP) is 0.869. The van der Waals surface area contributed by atoms with E-state index in [9.17, 15) is 9.59 Å². The summed E-state index contributed by atoms with van der Waals surface area (Å²) in [5, 5.41) is 2.81. The molecule has 16 heavy (non-hydrogen) atoms. The van der Waals surface area contributed by atoms with Crippen molar-refractivity contribution < 1.29 is 19.1 Å². The Kier molecular flexibility index (Phi) is 7.54. The zero-order valence-corrected chi connectivity index (χ0v) is 10.4. The highest BCUT2D eigenvalue weighted by Crippen LogP contribution is 2.03. The van der Waals surface area contributed by atoms with Crippen molar-refractivity contribution in [3.63, 3.8) is 0 Å². The smallest absolute Gasteiger partial charge is 0.323 e. The average Bonchev–Trinajstić information content (AvgIpc) is 2.17. The van der Waals surface area contributed by atoms with Crippen LogP contribution in [0.1, 0.15) is 33.6 Å². The van der Waals surface area contributed by atoms with Crippen LogP contribution in [0.25, 0.3) is 0 Å². The molecule has 0 radical (unpaired) electrons. The van der Waals surface area contributed by atoms with Gasteiger partial charge in [0.05, 0.1) is 12.7 Å². The van der Waals surface area contributed by atoms with Crippen LogP contribution in [0.3, 0.4) is 0 Å². The van der Waals surface area contributed by atoms with Crippen LogP contribution in [0, 0.1) is 0 Å². The molecule has 0 rings (SSSR count). The summed E-state index contributed by atoms with van der Waals surface area (Å²) in [6.07, 6.45) is 0.478. The minimum atomic E-state index is -0.445. The molecule has 0 aliphatic rings. The zero-order chi connectivity index (χ0) is 12.6. The Morgan fingerprint density at radius 1 is 1.31 bits per heavy atom. The summed E-state index contributed by atoms with van der Waals surface area (Å²) in [6.45, 7) is 5.67. The standard InChI is InChI=1S/C11H21NO4/c1-5-15-11(14)9(12-4)6-7-10(13)16-8(2)3/h8-9,12H,5-7H2,1-4H3. The van der Waals surface area contributed by atoms with Crippen LogP contribution in [-0.4, -0.2) is 37.7 Å². The lowest BCUT2D eigenvalue weighted by Gasteiger charge is -2.14. The molecule has 0 amide bonds. The van der Waals surface area contributed by atoms with E-state index in [4.69, 9.17) is 9.47 Å². The van der Waals surface area contributed by atoms with Gasteiger partial charge in [-0.05, 0) is 34.2 Å². The number of esters is 2. The van der Waals surface area contributed by atoms with Crippen molar-refractivity contribution in [2.75, 3.05) is 13.7 Å². The van der Waals surface area contributed by atoms with Crippen LogP contribution in [0.4, 0.5) is 0 Å². The first-order valence-electron chi connectivity index (χ1n) is 5.54. The molecule has 0 aromatic carbocycles. The van der Waals surface area contributed by atoms with Crippen LogP contribution in [0.5, 0.6) is 0 Å². The van der Waals surface area contributed by atoms with Crippen LogP contribution in [-0.2, 0) is 19.1 Å². The third kappa shape index (κ3) is 6.40. The summed E-state index contributed by atoms with van der Waals surface area (Å²) >= 11 is 0. The molecule has 0 heterocycles. The Morgan fingerprint density at radius 2 is 1.94 bits per heavy atom. The Bertz CT molecular complexity index is 228. The molecular formula is C11H21NO4. The molecule has 0 aliphatic carbocycles. The molecule has 0 aromatic heterocycles. The minimum Gasteiger partial charge on any atom is -0.465 e. The SMILES string of the molecule is CCOC(=O)C(CCC(=O)OC(C)C)NC. The van der Waals surface area contributed by atoms with Crippen molar-refractivity contribution in [2.24, 2.45) is 0 Å². The van der Waals surface area contributed by atoms with Crippen molar-refractivity contribution in [1.82, 2.24) is 5.32 Å². The van der Waals surface area contributed by atoms with E-state index in [1.165, 1.54) is 0 Å². The molecule has 5 nitrogen and oxygen atoms in total. The van der Waals surface area contributed by atoms with E-state index in [1.54, 1.807) is 27.8 Å².